The maximum absolute atomic E-state index is 11.2. The zero-order valence-corrected chi connectivity index (χ0v) is 11.7. The van der Waals surface area contributed by atoms with Crippen LogP contribution in [0.3, 0.4) is 0 Å². The average Bonchev–Trinajstić information content (AvgIpc) is 2.28. The number of nitrogens with zero attached hydrogens (tertiary/aromatic N) is 1. The van der Waals surface area contributed by atoms with Gasteiger partial charge in [0.25, 0.3) is 0 Å². The summed E-state index contributed by atoms with van der Waals surface area (Å²) in [7, 11) is 2.00. The Labute approximate surface area is 110 Å². The fraction of sp³-hybridized carbons (Fsp3) is 0.917. The second kappa shape index (κ2) is 9.68. The van der Waals surface area contributed by atoms with Gasteiger partial charge in [-0.1, -0.05) is 0 Å². The van der Waals surface area contributed by atoms with Crippen LogP contribution in [0.5, 0.6) is 0 Å². The maximum Gasteiger partial charge on any atom is 0.307 e. The topological polar surface area (TPSA) is 41.6 Å². The molecule has 0 saturated carbocycles. The highest BCUT2D eigenvalue weighted by atomic mass is 35.5. The van der Waals surface area contributed by atoms with E-state index in [1.54, 1.807) is 0 Å². The average molecular weight is 265 g/mol. The molecule has 0 aromatic heterocycles. The van der Waals surface area contributed by atoms with Gasteiger partial charge in [0.05, 0.1) is 13.0 Å². The summed E-state index contributed by atoms with van der Waals surface area (Å²) in [5.41, 5.74) is 0. The zero-order valence-electron chi connectivity index (χ0n) is 10.9. The molecule has 102 valence electrons. The van der Waals surface area contributed by atoms with Gasteiger partial charge in [0.1, 0.15) is 0 Å². The van der Waals surface area contributed by atoms with Crippen molar-refractivity contribution in [2.75, 3.05) is 39.8 Å². The molecule has 5 heteroatoms. The monoisotopic (exact) mass is 264 g/mol. The lowest BCUT2D eigenvalue weighted by molar-refractivity contribution is -0.143. The van der Waals surface area contributed by atoms with E-state index in [4.69, 9.17) is 4.74 Å². The van der Waals surface area contributed by atoms with E-state index in [1.807, 2.05) is 14.0 Å². The summed E-state index contributed by atoms with van der Waals surface area (Å²) in [5, 5.41) is 3.22. The molecular formula is C12H25ClN2O2. The van der Waals surface area contributed by atoms with E-state index < -0.39 is 0 Å². The normalized spacial score (nSPS) is 20.7. The Morgan fingerprint density at radius 2 is 2.29 bits per heavy atom. The van der Waals surface area contributed by atoms with Gasteiger partial charge in [-0.05, 0) is 45.8 Å². The van der Waals surface area contributed by atoms with Crippen molar-refractivity contribution >= 4 is 18.4 Å². The number of likely N-dealkylation sites (tertiary alicyclic amines) is 1. The van der Waals surface area contributed by atoms with Gasteiger partial charge >= 0.3 is 5.97 Å². The zero-order chi connectivity index (χ0) is 11.8. The molecular weight excluding hydrogens is 240 g/mol. The van der Waals surface area contributed by atoms with Gasteiger partial charge in [0, 0.05) is 13.1 Å². The Morgan fingerprint density at radius 3 is 2.94 bits per heavy atom. The number of carbonyl (C=O) groups excluding carboxylic acids is 1. The maximum atomic E-state index is 11.2. The molecule has 0 aliphatic carbocycles. The fourth-order valence-electron chi connectivity index (χ4n) is 2.29. The number of nitrogens with one attached hydrogen (secondary N) is 1. The minimum Gasteiger partial charge on any atom is -0.466 e. The number of hydrogen-bond acceptors (Lipinski definition) is 4. The first-order chi connectivity index (χ1) is 7.76. The molecule has 0 aromatic carbocycles. The highest BCUT2D eigenvalue weighted by Crippen LogP contribution is 2.15. The number of halogens is 1. The SMILES string of the molecule is CCOC(=O)CCN1CCCC(CNC)C1.Cl. The summed E-state index contributed by atoms with van der Waals surface area (Å²) >= 11 is 0. The predicted molar refractivity (Wildman–Crippen MR) is 71.6 cm³/mol. The molecule has 0 amide bonds. The van der Waals surface area contributed by atoms with E-state index in [0.717, 1.165) is 32.1 Å². The summed E-state index contributed by atoms with van der Waals surface area (Å²) in [6, 6.07) is 0. The van der Waals surface area contributed by atoms with E-state index in [1.165, 1.54) is 12.8 Å². The second-order valence-electron chi connectivity index (χ2n) is 4.42. The van der Waals surface area contributed by atoms with Crippen LogP contribution in [0.2, 0.25) is 0 Å². The molecule has 17 heavy (non-hydrogen) atoms. The van der Waals surface area contributed by atoms with E-state index >= 15 is 0 Å². The number of carbonyl (C=O) groups is 1. The lowest BCUT2D eigenvalue weighted by Gasteiger charge is -2.32. The van der Waals surface area contributed by atoms with Crippen LogP contribution in [0.1, 0.15) is 26.2 Å². The molecule has 0 spiro atoms. The first kappa shape index (κ1) is 16.7. The van der Waals surface area contributed by atoms with Crippen LogP contribution in [0.4, 0.5) is 0 Å². The summed E-state index contributed by atoms with van der Waals surface area (Å²) < 4.78 is 4.93. The first-order valence-corrected chi connectivity index (χ1v) is 6.28. The minimum absolute atomic E-state index is 0. The third-order valence-electron chi connectivity index (χ3n) is 3.03. The Hall–Kier alpha value is -0.320. The summed E-state index contributed by atoms with van der Waals surface area (Å²) in [6.45, 7) is 6.50. The number of rotatable bonds is 6. The van der Waals surface area contributed by atoms with Crippen molar-refractivity contribution < 1.29 is 9.53 Å². The van der Waals surface area contributed by atoms with Gasteiger partial charge < -0.3 is 15.0 Å². The summed E-state index contributed by atoms with van der Waals surface area (Å²) in [4.78, 5) is 13.6. The van der Waals surface area contributed by atoms with Crippen LogP contribution in [-0.2, 0) is 9.53 Å². The largest absolute Gasteiger partial charge is 0.466 e. The Bertz CT molecular complexity index is 213. The fourth-order valence-corrected chi connectivity index (χ4v) is 2.29. The molecule has 1 aliphatic rings. The van der Waals surface area contributed by atoms with Gasteiger partial charge in [0.15, 0.2) is 0 Å². The van der Waals surface area contributed by atoms with E-state index in [9.17, 15) is 4.79 Å². The number of ether oxygens (including phenoxy) is 1. The molecule has 1 unspecified atom stereocenters. The number of esters is 1. The highest BCUT2D eigenvalue weighted by Gasteiger charge is 2.19. The number of piperidine rings is 1. The van der Waals surface area contributed by atoms with Crippen molar-refractivity contribution in [2.24, 2.45) is 5.92 Å². The molecule has 1 heterocycles. The third-order valence-corrected chi connectivity index (χ3v) is 3.03. The predicted octanol–water partition coefficient (Wildman–Crippen LogP) is 1.29. The van der Waals surface area contributed by atoms with E-state index in [2.05, 4.69) is 10.2 Å². The number of hydrogen-bond donors (Lipinski definition) is 1. The van der Waals surface area contributed by atoms with Crippen molar-refractivity contribution in [2.45, 2.75) is 26.2 Å². The van der Waals surface area contributed by atoms with Crippen molar-refractivity contribution in [1.29, 1.82) is 0 Å². The van der Waals surface area contributed by atoms with Crippen LogP contribution in [0.15, 0.2) is 0 Å². The van der Waals surface area contributed by atoms with Crippen LogP contribution >= 0.6 is 12.4 Å². The minimum atomic E-state index is -0.0711. The van der Waals surface area contributed by atoms with Crippen LogP contribution in [0, 0.1) is 5.92 Å². The van der Waals surface area contributed by atoms with Gasteiger partial charge in [-0.3, -0.25) is 4.79 Å². The molecule has 1 atom stereocenters. The summed E-state index contributed by atoms with van der Waals surface area (Å²) in [5.74, 6) is 0.666. The lowest BCUT2D eigenvalue weighted by Crippen LogP contribution is -2.40. The highest BCUT2D eigenvalue weighted by molar-refractivity contribution is 5.85. The van der Waals surface area contributed by atoms with Crippen molar-refractivity contribution in [3.8, 4) is 0 Å². The molecule has 1 aliphatic heterocycles. The van der Waals surface area contributed by atoms with E-state index in [0.29, 0.717) is 13.0 Å². The van der Waals surface area contributed by atoms with Crippen LogP contribution < -0.4 is 5.32 Å². The Balaban J connectivity index is 0.00000256. The lowest BCUT2D eigenvalue weighted by atomic mass is 9.98. The Kier molecular flexibility index (Phi) is 9.50. The molecule has 0 bridgehead atoms. The van der Waals surface area contributed by atoms with Crippen molar-refractivity contribution in [3.63, 3.8) is 0 Å². The molecule has 0 radical (unpaired) electrons. The standard InChI is InChI=1S/C12H24N2O2.ClH/c1-3-16-12(15)6-8-14-7-4-5-11(10-14)9-13-2;/h11,13H,3-10H2,1-2H3;1H. The second-order valence-corrected chi connectivity index (χ2v) is 4.42. The van der Waals surface area contributed by atoms with Crippen LogP contribution in [0.25, 0.3) is 0 Å². The molecule has 1 rings (SSSR count). The van der Waals surface area contributed by atoms with Gasteiger partial charge in [-0.25, -0.2) is 0 Å². The quantitative estimate of drug-likeness (QED) is 0.734. The molecule has 0 aromatic rings. The van der Waals surface area contributed by atoms with Gasteiger partial charge in [-0.2, -0.15) is 0 Å². The summed E-state index contributed by atoms with van der Waals surface area (Å²) in [6.07, 6.45) is 3.08. The van der Waals surface area contributed by atoms with Gasteiger partial charge in [-0.15, -0.1) is 12.4 Å². The Morgan fingerprint density at radius 1 is 1.53 bits per heavy atom. The third kappa shape index (κ3) is 6.86. The van der Waals surface area contributed by atoms with Gasteiger partial charge in [0.2, 0.25) is 0 Å². The van der Waals surface area contributed by atoms with Crippen molar-refractivity contribution in [3.05, 3.63) is 0 Å². The van der Waals surface area contributed by atoms with Crippen LogP contribution in [-0.4, -0.2) is 50.7 Å². The molecule has 1 saturated heterocycles. The van der Waals surface area contributed by atoms with E-state index in [-0.39, 0.29) is 18.4 Å². The smallest absolute Gasteiger partial charge is 0.307 e. The molecule has 1 N–H and O–H groups in total. The first-order valence-electron chi connectivity index (χ1n) is 6.28. The molecule has 4 nitrogen and oxygen atoms in total. The van der Waals surface area contributed by atoms with Crippen molar-refractivity contribution in [1.82, 2.24) is 10.2 Å². The molecule has 1 fully saturated rings.